The van der Waals surface area contributed by atoms with Gasteiger partial charge in [0.25, 0.3) is 0 Å². The minimum Gasteiger partial charge on any atom is -0.369 e. The fraction of sp³-hybridized carbons (Fsp3) is 0.450. The Kier molecular flexibility index (Phi) is 5.35. The van der Waals surface area contributed by atoms with Crippen LogP contribution in [0.4, 0.5) is 5.82 Å². The van der Waals surface area contributed by atoms with E-state index in [1.165, 1.54) is 16.1 Å². The molecule has 2 heterocycles. The summed E-state index contributed by atoms with van der Waals surface area (Å²) < 4.78 is 27.1. The number of nitrogens with one attached hydrogen (secondary N) is 1. The lowest BCUT2D eigenvalue weighted by atomic mass is 9.96. The molecule has 0 radical (unpaired) electrons. The van der Waals surface area contributed by atoms with E-state index in [1.807, 2.05) is 19.2 Å². The van der Waals surface area contributed by atoms with Crippen molar-refractivity contribution >= 4 is 27.4 Å². The second kappa shape index (κ2) is 7.63. The SMILES string of the molecule is CN1CCN(S(=O)(=O)c2ccc(NCC3(c4ccc(Cl)cc4)CC3)nc2)CC1. The van der Waals surface area contributed by atoms with Gasteiger partial charge in [-0.25, -0.2) is 13.4 Å². The number of aromatic nitrogens is 1. The third-order valence-corrected chi connectivity index (χ3v) is 7.89. The number of rotatable bonds is 6. The zero-order valence-electron chi connectivity index (χ0n) is 15.9. The first-order valence-electron chi connectivity index (χ1n) is 9.54. The second-order valence-electron chi connectivity index (χ2n) is 7.73. The van der Waals surface area contributed by atoms with Gasteiger partial charge < -0.3 is 10.2 Å². The van der Waals surface area contributed by atoms with Crippen molar-refractivity contribution in [2.75, 3.05) is 45.1 Å². The summed E-state index contributed by atoms with van der Waals surface area (Å²) in [7, 11) is -1.47. The predicted octanol–water partition coefficient (Wildman–Crippen LogP) is 2.81. The Hall–Kier alpha value is -1.67. The predicted molar refractivity (Wildman–Crippen MR) is 111 cm³/mol. The van der Waals surface area contributed by atoms with Gasteiger partial charge in [0.1, 0.15) is 10.7 Å². The molecular weight excluding hydrogens is 396 g/mol. The Balaban J connectivity index is 1.40. The maximum Gasteiger partial charge on any atom is 0.244 e. The van der Waals surface area contributed by atoms with Crippen molar-refractivity contribution in [2.24, 2.45) is 0 Å². The first-order chi connectivity index (χ1) is 13.4. The Morgan fingerprint density at radius 1 is 1.07 bits per heavy atom. The number of pyridine rings is 1. The molecular formula is C20H25ClN4O2S. The van der Waals surface area contributed by atoms with E-state index in [2.05, 4.69) is 27.3 Å². The fourth-order valence-corrected chi connectivity index (χ4v) is 5.09. The van der Waals surface area contributed by atoms with Crippen LogP contribution in [-0.4, -0.2) is 62.4 Å². The van der Waals surface area contributed by atoms with Crippen LogP contribution in [0.2, 0.25) is 5.02 Å². The molecule has 4 rings (SSSR count). The number of likely N-dealkylation sites (N-methyl/N-ethyl adjacent to an activating group) is 1. The molecule has 1 aromatic heterocycles. The first kappa shape index (κ1) is 19.6. The monoisotopic (exact) mass is 420 g/mol. The summed E-state index contributed by atoms with van der Waals surface area (Å²) in [5.41, 5.74) is 1.40. The summed E-state index contributed by atoms with van der Waals surface area (Å²) in [5.74, 6) is 0.692. The summed E-state index contributed by atoms with van der Waals surface area (Å²) in [5, 5.41) is 4.11. The van der Waals surface area contributed by atoms with Crippen LogP contribution in [0.1, 0.15) is 18.4 Å². The van der Waals surface area contributed by atoms with Gasteiger partial charge >= 0.3 is 0 Å². The molecule has 1 aromatic carbocycles. The molecule has 6 nitrogen and oxygen atoms in total. The van der Waals surface area contributed by atoms with Crippen molar-refractivity contribution in [3.8, 4) is 0 Å². The minimum atomic E-state index is -3.48. The topological polar surface area (TPSA) is 65.5 Å². The lowest BCUT2D eigenvalue weighted by molar-refractivity contribution is 0.222. The number of nitrogens with zero attached hydrogens (tertiary/aromatic N) is 3. The second-order valence-corrected chi connectivity index (χ2v) is 10.1. The minimum absolute atomic E-state index is 0.122. The third-order valence-electron chi connectivity index (χ3n) is 5.75. The van der Waals surface area contributed by atoms with Gasteiger partial charge in [-0.05, 0) is 49.7 Å². The van der Waals surface area contributed by atoms with E-state index < -0.39 is 10.0 Å². The van der Waals surface area contributed by atoms with Crippen LogP contribution in [0.25, 0.3) is 0 Å². The summed E-state index contributed by atoms with van der Waals surface area (Å²) in [4.78, 5) is 6.73. The van der Waals surface area contributed by atoms with E-state index in [-0.39, 0.29) is 10.3 Å². The lowest BCUT2D eigenvalue weighted by Gasteiger charge is -2.31. The van der Waals surface area contributed by atoms with Crippen LogP contribution >= 0.6 is 11.6 Å². The average Bonchev–Trinajstić information content (AvgIpc) is 3.49. The molecule has 0 bridgehead atoms. The van der Waals surface area contributed by atoms with Gasteiger partial charge in [-0.1, -0.05) is 23.7 Å². The van der Waals surface area contributed by atoms with Gasteiger partial charge in [-0.3, -0.25) is 0 Å². The quantitative estimate of drug-likeness (QED) is 0.778. The van der Waals surface area contributed by atoms with Gasteiger partial charge in [-0.15, -0.1) is 0 Å². The van der Waals surface area contributed by atoms with Crippen LogP contribution in [0.3, 0.4) is 0 Å². The number of anilines is 1. The first-order valence-corrected chi connectivity index (χ1v) is 11.4. The molecule has 1 saturated heterocycles. The number of sulfonamides is 1. The van der Waals surface area contributed by atoms with E-state index in [1.54, 1.807) is 12.1 Å². The summed E-state index contributed by atoms with van der Waals surface area (Å²) in [6, 6.07) is 11.4. The van der Waals surface area contributed by atoms with Crippen molar-refractivity contribution in [3.63, 3.8) is 0 Å². The van der Waals surface area contributed by atoms with E-state index >= 15 is 0 Å². The molecule has 1 saturated carbocycles. The largest absolute Gasteiger partial charge is 0.369 e. The highest BCUT2D eigenvalue weighted by atomic mass is 35.5. The van der Waals surface area contributed by atoms with Gasteiger partial charge in [0, 0.05) is 49.4 Å². The molecule has 1 aliphatic heterocycles. The Morgan fingerprint density at radius 3 is 2.32 bits per heavy atom. The maximum atomic E-state index is 12.8. The zero-order chi connectivity index (χ0) is 19.8. The molecule has 1 aliphatic carbocycles. The van der Waals surface area contributed by atoms with Crippen molar-refractivity contribution < 1.29 is 8.42 Å². The maximum absolute atomic E-state index is 12.8. The van der Waals surface area contributed by atoms with Gasteiger partial charge in [0.2, 0.25) is 10.0 Å². The molecule has 2 aliphatic rings. The number of halogens is 1. The molecule has 0 amide bonds. The molecule has 150 valence electrons. The van der Waals surface area contributed by atoms with Gasteiger partial charge in [-0.2, -0.15) is 4.31 Å². The molecule has 8 heteroatoms. The van der Waals surface area contributed by atoms with Gasteiger partial charge in [0.05, 0.1) is 0 Å². The van der Waals surface area contributed by atoms with Crippen LogP contribution in [0, 0.1) is 0 Å². The van der Waals surface area contributed by atoms with Crippen molar-refractivity contribution in [3.05, 3.63) is 53.2 Å². The molecule has 0 atom stereocenters. The molecule has 0 unspecified atom stereocenters. The highest BCUT2D eigenvalue weighted by molar-refractivity contribution is 7.89. The normalized spacial score (nSPS) is 20.1. The summed E-state index contributed by atoms with van der Waals surface area (Å²) in [6.07, 6.45) is 3.70. The summed E-state index contributed by atoms with van der Waals surface area (Å²) in [6.45, 7) is 3.30. The smallest absolute Gasteiger partial charge is 0.244 e. The number of benzene rings is 1. The van der Waals surface area contributed by atoms with Crippen LogP contribution in [0.15, 0.2) is 47.5 Å². The molecule has 2 fully saturated rings. The average molecular weight is 421 g/mol. The highest BCUT2D eigenvalue weighted by Gasteiger charge is 2.44. The van der Waals surface area contributed by atoms with E-state index in [0.29, 0.717) is 18.9 Å². The van der Waals surface area contributed by atoms with E-state index in [9.17, 15) is 8.42 Å². The Bertz CT molecular complexity index is 920. The zero-order valence-corrected chi connectivity index (χ0v) is 17.5. The summed E-state index contributed by atoms with van der Waals surface area (Å²) >= 11 is 5.99. The van der Waals surface area contributed by atoms with Crippen LogP contribution in [-0.2, 0) is 15.4 Å². The van der Waals surface area contributed by atoms with E-state index in [4.69, 9.17) is 11.6 Å². The van der Waals surface area contributed by atoms with Gasteiger partial charge in [0.15, 0.2) is 0 Å². The molecule has 1 N–H and O–H groups in total. The Morgan fingerprint density at radius 2 is 1.75 bits per heavy atom. The highest BCUT2D eigenvalue weighted by Crippen LogP contribution is 2.48. The standard InChI is InChI=1S/C20H25ClN4O2S/c1-24-10-12-25(13-11-24)28(26,27)18-6-7-19(22-14-18)23-15-20(8-9-20)16-2-4-17(21)5-3-16/h2-7,14H,8-13,15H2,1H3,(H,22,23). The Labute approximate surface area is 171 Å². The lowest BCUT2D eigenvalue weighted by Crippen LogP contribution is -2.47. The van der Waals surface area contributed by atoms with Crippen molar-refractivity contribution in [1.82, 2.24) is 14.2 Å². The fourth-order valence-electron chi connectivity index (χ4n) is 3.60. The number of hydrogen-bond donors (Lipinski definition) is 1. The molecule has 28 heavy (non-hydrogen) atoms. The third kappa shape index (κ3) is 4.03. The number of piperazine rings is 1. The number of hydrogen-bond acceptors (Lipinski definition) is 5. The van der Waals surface area contributed by atoms with E-state index in [0.717, 1.165) is 37.5 Å². The van der Waals surface area contributed by atoms with Crippen molar-refractivity contribution in [1.29, 1.82) is 0 Å². The molecule has 2 aromatic rings. The van der Waals surface area contributed by atoms with Crippen LogP contribution in [0.5, 0.6) is 0 Å². The molecule has 0 spiro atoms. The van der Waals surface area contributed by atoms with Crippen molar-refractivity contribution in [2.45, 2.75) is 23.2 Å². The van der Waals surface area contributed by atoms with Crippen LogP contribution < -0.4 is 5.32 Å².